The summed E-state index contributed by atoms with van der Waals surface area (Å²) < 4.78 is 2.03. The van der Waals surface area contributed by atoms with Crippen LogP contribution in [0.4, 0.5) is 5.69 Å². The molecule has 0 aliphatic rings. The van der Waals surface area contributed by atoms with Gasteiger partial charge >= 0.3 is 0 Å². The van der Waals surface area contributed by atoms with Crippen LogP contribution in [0, 0.1) is 6.92 Å². The first-order valence-electron chi connectivity index (χ1n) is 3.71. The van der Waals surface area contributed by atoms with Crippen LogP contribution >= 0.6 is 0 Å². The fraction of sp³-hybridized carbons (Fsp3) is 0.333. The minimum atomic E-state index is 0.880. The van der Waals surface area contributed by atoms with Gasteiger partial charge in [0.15, 0.2) is 0 Å². The van der Waals surface area contributed by atoms with Crippen molar-refractivity contribution in [3.05, 3.63) is 23.5 Å². The Bertz CT molecular complexity index is 282. The van der Waals surface area contributed by atoms with Gasteiger partial charge in [-0.1, -0.05) is 6.08 Å². The highest BCUT2D eigenvalue weighted by atomic mass is 14.9. The third-order valence-corrected chi connectivity index (χ3v) is 1.79. The molecule has 0 unspecified atom stereocenters. The van der Waals surface area contributed by atoms with Crippen molar-refractivity contribution in [2.45, 2.75) is 13.8 Å². The van der Waals surface area contributed by atoms with Crippen LogP contribution in [0.3, 0.4) is 0 Å². The topological polar surface area (TPSA) is 30.9 Å². The zero-order valence-corrected chi connectivity index (χ0v) is 7.26. The highest BCUT2D eigenvalue weighted by molar-refractivity contribution is 5.65. The number of rotatable bonds is 1. The first-order valence-corrected chi connectivity index (χ1v) is 3.71. The van der Waals surface area contributed by atoms with E-state index in [2.05, 4.69) is 0 Å². The molecule has 0 fully saturated rings. The van der Waals surface area contributed by atoms with E-state index in [1.165, 1.54) is 0 Å². The molecule has 2 heteroatoms. The molecule has 11 heavy (non-hydrogen) atoms. The predicted octanol–water partition coefficient (Wildman–Crippen LogP) is 1.95. The van der Waals surface area contributed by atoms with Crippen molar-refractivity contribution in [2.75, 3.05) is 5.73 Å². The van der Waals surface area contributed by atoms with Crippen molar-refractivity contribution in [3.8, 4) is 0 Å². The summed E-state index contributed by atoms with van der Waals surface area (Å²) in [6, 6.07) is 0. The van der Waals surface area contributed by atoms with Crippen molar-refractivity contribution in [1.82, 2.24) is 4.57 Å². The molecule has 0 spiro atoms. The summed E-state index contributed by atoms with van der Waals surface area (Å²) in [6.07, 6.45) is 6.04. The van der Waals surface area contributed by atoms with Gasteiger partial charge in [0.05, 0.1) is 11.4 Å². The minimum absolute atomic E-state index is 0.880. The van der Waals surface area contributed by atoms with Crippen LogP contribution in [0.1, 0.15) is 18.2 Å². The first kappa shape index (κ1) is 7.92. The van der Waals surface area contributed by atoms with Gasteiger partial charge in [-0.3, -0.25) is 0 Å². The number of nitrogen functional groups attached to an aromatic ring is 1. The van der Waals surface area contributed by atoms with Gasteiger partial charge in [0.25, 0.3) is 0 Å². The summed E-state index contributed by atoms with van der Waals surface area (Å²) in [5.41, 5.74) is 8.93. The maximum atomic E-state index is 5.82. The Balaban J connectivity index is 3.22. The Labute approximate surface area is 67.3 Å². The third kappa shape index (κ3) is 1.29. The Hall–Kier alpha value is -1.18. The first-order chi connectivity index (χ1) is 5.16. The van der Waals surface area contributed by atoms with Crippen LogP contribution in [0.15, 0.2) is 12.3 Å². The van der Waals surface area contributed by atoms with Crippen LogP contribution in [0.5, 0.6) is 0 Å². The Morgan fingerprint density at radius 3 is 2.55 bits per heavy atom. The van der Waals surface area contributed by atoms with E-state index in [0.29, 0.717) is 0 Å². The number of anilines is 1. The van der Waals surface area contributed by atoms with E-state index >= 15 is 0 Å². The molecule has 0 aromatic carbocycles. The number of aryl methyl sites for hydroxylation is 2. The third-order valence-electron chi connectivity index (χ3n) is 1.79. The van der Waals surface area contributed by atoms with Gasteiger partial charge in [-0.15, -0.1) is 0 Å². The van der Waals surface area contributed by atoms with Gasteiger partial charge in [0.2, 0.25) is 0 Å². The molecule has 0 aliphatic carbocycles. The molecule has 0 radical (unpaired) electrons. The summed E-state index contributed by atoms with van der Waals surface area (Å²) in [5, 5.41) is 0. The molecule has 0 aliphatic heterocycles. The van der Waals surface area contributed by atoms with Crippen LogP contribution in [-0.4, -0.2) is 4.57 Å². The van der Waals surface area contributed by atoms with Gasteiger partial charge in [-0.05, 0) is 25.5 Å². The molecule has 1 aromatic heterocycles. The van der Waals surface area contributed by atoms with Gasteiger partial charge in [0, 0.05) is 13.2 Å². The largest absolute Gasteiger partial charge is 0.397 e. The van der Waals surface area contributed by atoms with Gasteiger partial charge < -0.3 is 10.3 Å². The monoisotopic (exact) mass is 150 g/mol. The Morgan fingerprint density at radius 2 is 2.18 bits per heavy atom. The number of nitrogens with zero attached hydrogens (tertiary/aromatic N) is 1. The number of aromatic nitrogens is 1. The normalized spacial score (nSPS) is 11.2. The number of hydrogen-bond acceptors (Lipinski definition) is 1. The average molecular weight is 150 g/mol. The summed E-state index contributed by atoms with van der Waals surface area (Å²) in [5.74, 6) is 0. The molecule has 0 saturated carbocycles. The fourth-order valence-electron chi connectivity index (χ4n) is 1.19. The lowest BCUT2D eigenvalue weighted by Gasteiger charge is -1.96. The highest BCUT2D eigenvalue weighted by Gasteiger charge is 2.03. The zero-order chi connectivity index (χ0) is 8.43. The molecule has 0 saturated heterocycles. The van der Waals surface area contributed by atoms with Crippen LogP contribution < -0.4 is 5.73 Å². The minimum Gasteiger partial charge on any atom is -0.397 e. The summed E-state index contributed by atoms with van der Waals surface area (Å²) >= 11 is 0. The lowest BCUT2D eigenvalue weighted by atomic mass is 10.2. The average Bonchev–Trinajstić information content (AvgIpc) is 2.17. The van der Waals surface area contributed by atoms with E-state index in [0.717, 1.165) is 16.9 Å². The van der Waals surface area contributed by atoms with E-state index in [-0.39, 0.29) is 0 Å². The highest BCUT2D eigenvalue weighted by Crippen LogP contribution is 2.19. The smallest absolute Gasteiger partial charge is 0.0637 e. The summed E-state index contributed by atoms with van der Waals surface area (Å²) in [6.45, 7) is 4.00. The van der Waals surface area contributed by atoms with Gasteiger partial charge in [-0.25, -0.2) is 0 Å². The lowest BCUT2D eigenvalue weighted by Crippen LogP contribution is -1.92. The molecular weight excluding hydrogens is 136 g/mol. The quantitative estimate of drug-likeness (QED) is 0.651. The standard InChI is InChI=1S/C9H14N2/c1-4-5-8-9(10)7(2)6-11(8)3/h4-6H,10H2,1-3H3. The van der Waals surface area contributed by atoms with Crippen molar-refractivity contribution in [3.63, 3.8) is 0 Å². The van der Waals surface area contributed by atoms with E-state index in [9.17, 15) is 0 Å². The molecule has 0 atom stereocenters. The lowest BCUT2D eigenvalue weighted by molar-refractivity contribution is 0.913. The summed E-state index contributed by atoms with van der Waals surface area (Å²) in [7, 11) is 2.00. The SMILES string of the molecule is CC=Cc1c(N)c(C)cn1C. The maximum Gasteiger partial charge on any atom is 0.0637 e. The Morgan fingerprint density at radius 1 is 1.55 bits per heavy atom. The van der Waals surface area contributed by atoms with Crippen molar-refractivity contribution < 1.29 is 0 Å². The molecular formula is C9H14N2. The van der Waals surface area contributed by atoms with Crippen molar-refractivity contribution in [1.29, 1.82) is 0 Å². The molecule has 0 amide bonds. The number of allylic oxidation sites excluding steroid dienone is 1. The molecule has 2 N–H and O–H groups in total. The molecule has 1 aromatic rings. The summed E-state index contributed by atoms with van der Waals surface area (Å²) in [4.78, 5) is 0. The van der Waals surface area contributed by atoms with E-state index in [1.807, 2.05) is 43.8 Å². The van der Waals surface area contributed by atoms with E-state index in [1.54, 1.807) is 0 Å². The second kappa shape index (κ2) is 2.82. The molecule has 2 nitrogen and oxygen atoms in total. The van der Waals surface area contributed by atoms with Crippen LogP contribution in [0.2, 0.25) is 0 Å². The second-order valence-electron chi connectivity index (χ2n) is 2.72. The second-order valence-corrected chi connectivity index (χ2v) is 2.72. The van der Waals surface area contributed by atoms with E-state index in [4.69, 9.17) is 5.73 Å². The Kier molecular flexibility index (Phi) is 2.03. The van der Waals surface area contributed by atoms with Gasteiger partial charge in [-0.2, -0.15) is 0 Å². The maximum absolute atomic E-state index is 5.82. The number of nitrogens with two attached hydrogens (primary N) is 1. The van der Waals surface area contributed by atoms with Crippen molar-refractivity contribution in [2.24, 2.45) is 7.05 Å². The molecule has 1 rings (SSSR count). The zero-order valence-electron chi connectivity index (χ0n) is 7.26. The molecule has 1 heterocycles. The van der Waals surface area contributed by atoms with Crippen LogP contribution in [-0.2, 0) is 7.05 Å². The number of hydrogen-bond donors (Lipinski definition) is 1. The molecule has 60 valence electrons. The fourth-order valence-corrected chi connectivity index (χ4v) is 1.19. The van der Waals surface area contributed by atoms with Gasteiger partial charge in [0.1, 0.15) is 0 Å². The van der Waals surface area contributed by atoms with Crippen LogP contribution in [0.25, 0.3) is 6.08 Å². The van der Waals surface area contributed by atoms with E-state index < -0.39 is 0 Å². The predicted molar refractivity (Wildman–Crippen MR) is 49.3 cm³/mol. The molecule has 0 bridgehead atoms. The van der Waals surface area contributed by atoms with Crippen molar-refractivity contribution >= 4 is 11.8 Å².